The fraction of sp³-hybridized carbons (Fsp3) is 0.235. The van der Waals surface area contributed by atoms with E-state index in [1.54, 1.807) is 39.0 Å². The summed E-state index contributed by atoms with van der Waals surface area (Å²) in [6.07, 6.45) is 0. The molecule has 0 unspecified atom stereocenters. The molecule has 5 nitrogen and oxygen atoms in total. The largest absolute Gasteiger partial charge is 0.465 e. The molecule has 0 saturated carbocycles. The first-order valence-electron chi connectivity index (χ1n) is 7.14. The number of benzene rings is 2. The highest BCUT2D eigenvalue weighted by Gasteiger charge is 2.20. The Labute approximate surface area is 146 Å². The van der Waals surface area contributed by atoms with Crippen LogP contribution in [0.4, 0.5) is 5.69 Å². The van der Waals surface area contributed by atoms with Gasteiger partial charge in [0.25, 0.3) is 10.0 Å². The molecule has 1 N–H and O–H groups in total. The van der Waals surface area contributed by atoms with Gasteiger partial charge in [-0.15, -0.1) is 0 Å². The Kier molecular flexibility index (Phi) is 5.20. The van der Waals surface area contributed by atoms with Crippen LogP contribution in [0.3, 0.4) is 0 Å². The van der Waals surface area contributed by atoms with E-state index in [4.69, 9.17) is 11.6 Å². The third kappa shape index (κ3) is 3.71. The molecule has 7 heteroatoms. The lowest BCUT2D eigenvalue weighted by atomic mass is 10.1. The monoisotopic (exact) mass is 367 g/mol. The van der Waals surface area contributed by atoms with Crippen LogP contribution in [-0.2, 0) is 14.8 Å². The van der Waals surface area contributed by atoms with E-state index in [0.29, 0.717) is 27.4 Å². The van der Waals surface area contributed by atoms with Gasteiger partial charge in [0.1, 0.15) is 0 Å². The van der Waals surface area contributed by atoms with Gasteiger partial charge in [-0.3, -0.25) is 4.72 Å². The topological polar surface area (TPSA) is 72.5 Å². The summed E-state index contributed by atoms with van der Waals surface area (Å²) < 4.78 is 32.6. The summed E-state index contributed by atoms with van der Waals surface area (Å²) in [7, 11) is -2.55. The van der Waals surface area contributed by atoms with Crippen molar-refractivity contribution in [2.75, 3.05) is 11.8 Å². The SMILES string of the molecule is COC(=O)c1ccc(C)c(NS(=O)(=O)c2cc(C)c(Cl)cc2C)c1. The Morgan fingerprint density at radius 3 is 2.33 bits per heavy atom. The van der Waals surface area contributed by atoms with Gasteiger partial charge in [-0.25, -0.2) is 13.2 Å². The lowest BCUT2D eigenvalue weighted by Crippen LogP contribution is -2.16. The number of rotatable bonds is 4. The van der Waals surface area contributed by atoms with Crippen LogP contribution < -0.4 is 4.72 Å². The maximum atomic E-state index is 12.7. The van der Waals surface area contributed by atoms with E-state index < -0.39 is 16.0 Å². The molecular formula is C17H18ClNO4S. The number of carbonyl (C=O) groups excluding carboxylic acids is 1. The Morgan fingerprint density at radius 2 is 1.71 bits per heavy atom. The highest BCUT2D eigenvalue weighted by Crippen LogP contribution is 2.27. The summed E-state index contributed by atoms with van der Waals surface area (Å²) in [6.45, 7) is 5.17. The number of halogens is 1. The van der Waals surface area contributed by atoms with Crippen molar-refractivity contribution in [1.82, 2.24) is 0 Å². The number of ether oxygens (including phenoxy) is 1. The zero-order chi connectivity index (χ0) is 18.1. The molecule has 0 amide bonds. The Bertz CT molecular complexity index is 907. The van der Waals surface area contributed by atoms with Crippen molar-refractivity contribution in [3.63, 3.8) is 0 Å². The second kappa shape index (κ2) is 6.83. The predicted octanol–water partition coefficient (Wildman–Crippen LogP) is 3.85. The van der Waals surface area contributed by atoms with Crippen LogP contribution in [0.5, 0.6) is 0 Å². The Morgan fingerprint density at radius 1 is 1.04 bits per heavy atom. The number of aryl methyl sites for hydroxylation is 3. The van der Waals surface area contributed by atoms with E-state index in [1.807, 2.05) is 0 Å². The summed E-state index contributed by atoms with van der Waals surface area (Å²) in [5.74, 6) is -0.533. The minimum atomic E-state index is -3.82. The van der Waals surface area contributed by atoms with Gasteiger partial charge >= 0.3 is 5.97 Å². The van der Waals surface area contributed by atoms with Gasteiger partial charge in [-0.1, -0.05) is 17.7 Å². The predicted molar refractivity (Wildman–Crippen MR) is 94.3 cm³/mol. The number of esters is 1. The first-order chi connectivity index (χ1) is 11.2. The van der Waals surface area contributed by atoms with E-state index >= 15 is 0 Å². The third-order valence-electron chi connectivity index (χ3n) is 3.65. The zero-order valence-electron chi connectivity index (χ0n) is 13.8. The average molecular weight is 368 g/mol. The number of sulfonamides is 1. The molecule has 0 heterocycles. The van der Waals surface area contributed by atoms with Crippen LogP contribution in [0.15, 0.2) is 35.2 Å². The standard InChI is InChI=1S/C17H18ClNO4S/c1-10-5-6-13(17(20)23-4)9-15(10)19-24(21,22)16-8-11(2)14(18)7-12(16)3/h5-9,19H,1-4H3. The maximum Gasteiger partial charge on any atom is 0.337 e. The molecule has 0 radical (unpaired) electrons. The molecule has 128 valence electrons. The summed E-state index contributed by atoms with van der Waals surface area (Å²) in [6, 6.07) is 7.83. The molecule has 0 aliphatic heterocycles. The van der Waals surface area contributed by atoms with E-state index in [2.05, 4.69) is 9.46 Å². The first-order valence-corrected chi connectivity index (χ1v) is 9.00. The van der Waals surface area contributed by atoms with Crippen molar-refractivity contribution in [3.05, 3.63) is 57.6 Å². The lowest BCUT2D eigenvalue weighted by Gasteiger charge is -2.14. The Hall–Kier alpha value is -2.05. The summed E-state index contributed by atoms with van der Waals surface area (Å²) >= 11 is 6.03. The first kappa shape index (κ1) is 18.3. The van der Waals surface area contributed by atoms with Gasteiger partial charge in [-0.2, -0.15) is 0 Å². The fourth-order valence-electron chi connectivity index (χ4n) is 2.22. The van der Waals surface area contributed by atoms with Gasteiger partial charge in [0.2, 0.25) is 0 Å². The number of nitrogens with one attached hydrogen (secondary N) is 1. The summed E-state index contributed by atoms with van der Waals surface area (Å²) in [4.78, 5) is 11.8. The van der Waals surface area contributed by atoms with Gasteiger partial charge < -0.3 is 4.74 Å². The molecule has 0 saturated heterocycles. The summed E-state index contributed by atoms with van der Waals surface area (Å²) in [5.41, 5.74) is 2.49. The second-order valence-corrected chi connectivity index (χ2v) is 7.55. The van der Waals surface area contributed by atoms with Crippen molar-refractivity contribution in [3.8, 4) is 0 Å². The smallest absolute Gasteiger partial charge is 0.337 e. The molecule has 24 heavy (non-hydrogen) atoms. The highest BCUT2D eigenvalue weighted by atomic mass is 35.5. The van der Waals surface area contributed by atoms with Crippen LogP contribution >= 0.6 is 11.6 Å². The second-order valence-electron chi connectivity index (χ2n) is 5.49. The van der Waals surface area contributed by atoms with Crippen molar-refractivity contribution in [1.29, 1.82) is 0 Å². The van der Waals surface area contributed by atoms with Crippen LogP contribution in [-0.4, -0.2) is 21.5 Å². The molecule has 0 aliphatic rings. The molecule has 2 aromatic rings. The van der Waals surface area contributed by atoms with E-state index in [0.717, 1.165) is 0 Å². The average Bonchev–Trinajstić information content (AvgIpc) is 2.51. The zero-order valence-corrected chi connectivity index (χ0v) is 15.4. The molecule has 0 bridgehead atoms. The van der Waals surface area contributed by atoms with Crippen LogP contribution in [0.25, 0.3) is 0 Å². The number of carbonyl (C=O) groups is 1. The van der Waals surface area contributed by atoms with Crippen LogP contribution in [0.1, 0.15) is 27.0 Å². The molecule has 0 atom stereocenters. The van der Waals surface area contributed by atoms with Crippen molar-refractivity contribution in [2.24, 2.45) is 0 Å². The minimum Gasteiger partial charge on any atom is -0.465 e. The van der Waals surface area contributed by atoms with Gasteiger partial charge in [-0.05, 0) is 61.7 Å². The number of methoxy groups -OCH3 is 1. The van der Waals surface area contributed by atoms with Gasteiger partial charge in [0.05, 0.1) is 23.3 Å². The normalized spacial score (nSPS) is 11.2. The van der Waals surface area contributed by atoms with E-state index in [-0.39, 0.29) is 10.5 Å². The van der Waals surface area contributed by atoms with E-state index in [9.17, 15) is 13.2 Å². The lowest BCUT2D eigenvalue weighted by molar-refractivity contribution is 0.0601. The van der Waals surface area contributed by atoms with Crippen LogP contribution in [0, 0.1) is 20.8 Å². The molecule has 2 rings (SSSR count). The highest BCUT2D eigenvalue weighted by molar-refractivity contribution is 7.92. The molecule has 0 spiro atoms. The molecule has 0 fully saturated rings. The van der Waals surface area contributed by atoms with Crippen molar-refractivity contribution < 1.29 is 17.9 Å². The van der Waals surface area contributed by atoms with Crippen molar-refractivity contribution >= 4 is 33.3 Å². The van der Waals surface area contributed by atoms with Crippen LogP contribution in [0.2, 0.25) is 5.02 Å². The molecular weight excluding hydrogens is 350 g/mol. The number of anilines is 1. The minimum absolute atomic E-state index is 0.146. The van der Waals surface area contributed by atoms with Gasteiger partial charge in [0, 0.05) is 5.02 Å². The quantitative estimate of drug-likeness (QED) is 0.833. The fourth-order valence-corrected chi connectivity index (χ4v) is 3.87. The third-order valence-corrected chi connectivity index (χ3v) is 5.56. The van der Waals surface area contributed by atoms with Crippen molar-refractivity contribution in [2.45, 2.75) is 25.7 Å². The summed E-state index contributed by atoms with van der Waals surface area (Å²) in [5, 5.41) is 0.510. The Balaban J connectivity index is 2.47. The number of hydrogen-bond acceptors (Lipinski definition) is 4. The van der Waals surface area contributed by atoms with Gasteiger partial charge in [0.15, 0.2) is 0 Å². The molecule has 2 aromatic carbocycles. The molecule has 0 aliphatic carbocycles. The van der Waals surface area contributed by atoms with E-state index in [1.165, 1.54) is 19.2 Å². The maximum absolute atomic E-state index is 12.7. The number of hydrogen-bond donors (Lipinski definition) is 1. The molecule has 0 aromatic heterocycles.